The second kappa shape index (κ2) is 5.92. The Labute approximate surface area is 118 Å². The molecule has 0 aliphatic carbocycles. The molecule has 102 valence electrons. The van der Waals surface area contributed by atoms with Crippen LogP contribution in [0.2, 0.25) is 0 Å². The maximum Gasteiger partial charge on any atom is 0.325 e. The highest BCUT2D eigenvalue weighted by Gasteiger charge is 2.19. The standard InChI is InChI=1S/C12H12BrNO5/c1-17-10(15)6-14-12(16)7-4-8(13)11-9(5-7)18-2-3-19-11/h4-5H,2-3,6H2,1H3,(H,14,16). The Balaban J connectivity index is 2.14. The summed E-state index contributed by atoms with van der Waals surface area (Å²) >= 11 is 3.32. The quantitative estimate of drug-likeness (QED) is 0.841. The van der Waals surface area contributed by atoms with Crippen LogP contribution in [-0.4, -0.2) is 38.7 Å². The van der Waals surface area contributed by atoms with E-state index in [4.69, 9.17) is 9.47 Å². The molecule has 0 fully saturated rings. The molecule has 6 nitrogen and oxygen atoms in total. The Morgan fingerprint density at radius 3 is 2.84 bits per heavy atom. The molecule has 0 bridgehead atoms. The van der Waals surface area contributed by atoms with Crippen LogP contribution in [0.25, 0.3) is 0 Å². The predicted octanol–water partition coefficient (Wildman–Crippen LogP) is 1.12. The van der Waals surface area contributed by atoms with Gasteiger partial charge in [0.05, 0.1) is 11.6 Å². The minimum absolute atomic E-state index is 0.179. The lowest BCUT2D eigenvalue weighted by Crippen LogP contribution is -2.30. The molecule has 0 spiro atoms. The number of hydrogen-bond donors (Lipinski definition) is 1. The van der Waals surface area contributed by atoms with E-state index in [0.717, 1.165) is 0 Å². The molecule has 1 aliphatic rings. The second-order valence-corrected chi connectivity index (χ2v) is 4.60. The molecule has 7 heteroatoms. The van der Waals surface area contributed by atoms with Crippen molar-refractivity contribution < 1.29 is 23.8 Å². The number of hydrogen-bond acceptors (Lipinski definition) is 5. The minimum Gasteiger partial charge on any atom is -0.486 e. The van der Waals surface area contributed by atoms with Crippen LogP contribution in [0, 0.1) is 0 Å². The van der Waals surface area contributed by atoms with E-state index in [2.05, 4.69) is 26.0 Å². The van der Waals surface area contributed by atoms with Crippen molar-refractivity contribution in [2.75, 3.05) is 26.9 Å². The van der Waals surface area contributed by atoms with E-state index in [1.165, 1.54) is 7.11 Å². The molecule has 1 N–H and O–H groups in total. The fraction of sp³-hybridized carbons (Fsp3) is 0.333. The van der Waals surface area contributed by atoms with Gasteiger partial charge in [0.25, 0.3) is 5.91 Å². The van der Waals surface area contributed by atoms with Crippen molar-refractivity contribution in [3.8, 4) is 11.5 Å². The molecular weight excluding hydrogens is 318 g/mol. The fourth-order valence-electron chi connectivity index (χ4n) is 1.57. The van der Waals surface area contributed by atoms with Crippen molar-refractivity contribution in [1.29, 1.82) is 0 Å². The topological polar surface area (TPSA) is 73.9 Å². The summed E-state index contributed by atoms with van der Waals surface area (Å²) in [5.74, 6) is 0.188. The maximum atomic E-state index is 11.9. The van der Waals surface area contributed by atoms with E-state index in [1.54, 1.807) is 12.1 Å². The SMILES string of the molecule is COC(=O)CNC(=O)c1cc(Br)c2c(c1)OCCO2. The highest BCUT2D eigenvalue weighted by Crippen LogP contribution is 2.38. The average molecular weight is 330 g/mol. The summed E-state index contributed by atoms with van der Waals surface area (Å²) < 4.78 is 15.9. The third kappa shape index (κ3) is 3.17. The number of fused-ring (bicyclic) bond motifs is 1. The summed E-state index contributed by atoms with van der Waals surface area (Å²) in [4.78, 5) is 22.8. The zero-order valence-corrected chi connectivity index (χ0v) is 11.8. The first-order valence-electron chi connectivity index (χ1n) is 5.56. The van der Waals surface area contributed by atoms with Crippen molar-refractivity contribution >= 4 is 27.8 Å². The van der Waals surface area contributed by atoms with Gasteiger partial charge in [-0.3, -0.25) is 9.59 Å². The molecular formula is C12H12BrNO5. The monoisotopic (exact) mass is 329 g/mol. The second-order valence-electron chi connectivity index (χ2n) is 3.74. The zero-order chi connectivity index (χ0) is 13.8. The van der Waals surface area contributed by atoms with Crippen LogP contribution in [0.1, 0.15) is 10.4 Å². The van der Waals surface area contributed by atoms with Crippen molar-refractivity contribution in [2.24, 2.45) is 0 Å². The first-order valence-corrected chi connectivity index (χ1v) is 6.35. The van der Waals surface area contributed by atoms with Crippen molar-refractivity contribution in [1.82, 2.24) is 5.32 Å². The van der Waals surface area contributed by atoms with E-state index < -0.39 is 5.97 Å². The summed E-state index contributed by atoms with van der Waals surface area (Å²) in [5, 5.41) is 2.45. The molecule has 1 amide bonds. The summed E-state index contributed by atoms with van der Waals surface area (Å²) in [7, 11) is 1.26. The number of halogens is 1. The molecule has 1 heterocycles. The van der Waals surface area contributed by atoms with Crippen LogP contribution in [0.4, 0.5) is 0 Å². The first kappa shape index (κ1) is 13.7. The smallest absolute Gasteiger partial charge is 0.325 e. The molecule has 0 saturated carbocycles. The van der Waals surface area contributed by atoms with Crippen LogP contribution >= 0.6 is 15.9 Å². The van der Waals surface area contributed by atoms with E-state index in [0.29, 0.717) is 34.7 Å². The van der Waals surface area contributed by atoms with Crippen molar-refractivity contribution in [2.45, 2.75) is 0 Å². The molecule has 0 aromatic heterocycles. The third-order valence-electron chi connectivity index (χ3n) is 2.48. The van der Waals surface area contributed by atoms with Crippen LogP contribution in [0.5, 0.6) is 11.5 Å². The number of carbonyl (C=O) groups is 2. The normalized spacial score (nSPS) is 12.7. The molecule has 1 aromatic carbocycles. The lowest BCUT2D eigenvalue weighted by atomic mass is 10.2. The minimum atomic E-state index is -0.509. The largest absolute Gasteiger partial charge is 0.486 e. The number of amides is 1. The number of rotatable bonds is 3. The van der Waals surface area contributed by atoms with E-state index in [1.807, 2.05) is 0 Å². The van der Waals surface area contributed by atoms with E-state index >= 15 is 0 Å². The Kier molecular flexibility index (Phi) is 4.26. The maximum absolute atomic E-state index is 11.9. The highest BCUT2D eigenvalue weighted by molar-refractivity contribution is 9.10. The number of carbonyl (C=O) groups excluding carboxylic acids is 2. The zero-order valence-electron chi connectivity index (χ0n) is 10.2. The van der Waals surface area contributed by atoms with Gasteiger partial charge < -0.3 is 19.5 Å². The van der Waals surface area contributed by atoms with Crippen LogP contribution in [0.15, 0.2) is 16.6 Å². The Bertz CT molecular complexity index is 517. The van der Waals surface area contributed by atoms with Gasteiger partial charge in [0.1, 0.15) is 19.8 Å². The molecule has 0 radical (unpaired) electrons. The van der Waals surface area contributed by atoms with Crippen molar-refractivity contribution in [3.63, 3.8) is 0 Å². The number of methoxy groups -OCH3 is 1. The van der Waals surface area contributed by atoms with Crippen molar-refractivity contribution in [3.05, 3.63) is 22.2 Å². The fourth-order valence-corrected chi connectivity index (χ4v) is 2.13. The summed E-state index contributed by atoms with van der Waals surface area (Å²) in [6, 6.07) is 3.19. The molecule has 19 heavy (non-hydrogen) atoms. The predicted molar refractivity (Wildman–Crippen MR) is 69.5 cm³/mol. The lowest BCUT2D eigenvalue weighted by Gasteiger charge is -2.20. The third-order valence-corrected chi connectivity index (χ3v) is 3.07. The molecule has 2 rings (SSSR count). The van der Waals surface area contributed by atoms with Gasteiger partial charge in [0, 0.05) is 5.56 Å². The van der Waals surface area contributed by atoms with Gasteiger partial charge in [-0.05, 0) is 28.1 Å². The molecule has 0 saturated heterocycles. The average Bonchev–Trinajstić information content (AvgIpc) is 2.44. The van der Waals surface area contributed by atoms with Crippen LogP contribution in [-0.2, 0) is 9.53 Å². The van der Waals surface area contributed by atoms with Gasteiger partial charge >= 0.3 is 5.97 Å². The molecule has 0 unspecified atom stereocenters. The van der Waals surface area contributed by atoms with Gasteiger partial charge in [-0.2, -0.15) is 0 Å². The Hall–Kier alpha value is -1.76. The van der Waals surface area contributed by atoms with Gasteiger partial charge in [-0.1, -0.05) is 0 Å². The summed E-state index contributed by atoms with van der Waals surface area (Å²) in [5.41, 5.74) is 0.375. The molecule has 1 aliphatic heterocycles. The first-order chi connectivity index (χ1) is 9.11. The Morgan fingerprint density at radius 2 is 2.11 bits per heavy atom. The summed E-state index contributed by atoms with van der Waals surface area (Å²) in [6.45, 7) is 0.730. The molecule has 0 atom stereocenters. The Morgan fingerprint density at radius 1 is 1.37 bits per heavy atom. The van der Waals surface area contributed by atoms with Gasteiger partial charge in [0.15, 0.2) is 11.5 Å². The number of ether oxygens (including phenoxy) is 3. The van der Waals surface area contributed by atoms with Crippen LogP contribution < -0.4 is 14.8 Å². The number of esters is 1. The van der Waals surface area contributed by atoms with Gasteiger partial charge in [0.2, 0.25) is 0 Å². The summed E-state index contributed by atoms with van der Waals surface area (Å²) in [6.07, 6.45) is 0. The van der Waals surface area contributed by atoms with E-state index in [-0.39, 0.29) is 12.5 Å². The van der Waals surface area contributed by atoms with Gasteiger partial charge in [-0.25, -0.2) is 0 Å². The number of benzene rings is 1. The highest BCUT2D eigenvalue weighted by atomic mass is 79.9. The van der Waals surface area contributed by atoms with Gasteiger partial charge in [-0.15, -0.1) is 0 Å². The lowest BCUT2D eigenvalue weighted by molar-refractivity contribution is -0.139. The molecule has 1 aromatic rings. The van der Waals surface area contributed by atoms with E-state index in [9.17, 15) is 9.59 Å². The van der Waals surface area contributed by atoms with Crippen LogP contribution in [0.3, 0.4) is 0 Å². The number of nitrogens with one attached hydrogen (secondary N) is 1.